The van der Waals surface area contributed by atoms with Crippen LogP contribution in [0.15, 0.2) is 84.6 Å². The van der Waals surface area contributed by atoms with Gasteiger partial charge < -0.3 is 15.4 Å². The maximum absolute atomic E-state index is 13.1. The van der Waals surface area contributed by atoms with Crippen molar-refractivity contribution < 1.29 is 22.7 Å². The first kappa shape index (κ1) is 24.2. The molecular weight excluding hydrogens is 464 g/mol. The van der Waals surface area contributed by atoms with Gasteiger partial charge in [0.15, 0.2) is 9.84 Å². The summed E-state index contributed by atoms with van der Waals surface area (Å²) < 4.78 is 29.5. The number of para-hydroxylation sites is 1. The average molecular weight is 491 g/mol. The fourth-order valence-corrected chi connectivity index (χ4v) is 5.36. The second kappa shape index (κ2) is 10.6. The summed E-state index contributed by atoms with van der Waals surface area (Å²) in [5.41, 5.74) is 2.05. The molecule has 0 saturated carbocycles. The number of amides is 2. The topological polar surface area (TPSA) is 102 Å². The van der Waals surface area contributed by atoms with Crippen LogP contribution in [0.3, 0.4) is 0 Å². The molecule has 8 heteroatoms. The molecule has 1 aliphatic heterocycles. The van der Waals surface area contributed by atoms with Crippen LogP contribution >= 0.6 is 0 Å². The largest absolute Gasteiger partial charge is 0.457 e. The number of sulfone groups is 1. The number of hydrogen-bond donors (Lipinski definition) is 2. The molecule has 3 aromatic carbocycles. The van der Waals surface area contributed by atoms with Crippen molar-refractivity contribution in [2.45, 2.75) is 19.4 Å². The molecule has 3 aromatic rings. The lowest BCUT2D eigenvalue weighted by molar-refractivity contribution is -0.118. The van der Waals surface area contributed by atoms with Crippen LogP contribution in [-0.2, 0) is 14.6 Å². The van der Waals surface area contributed by atoms with Gasteiger partial charge >= 0.3 is 0 Å². The highest BCUT2D eigenvalue weighted by Crippen LogP contribution is 2.23. The first-order valence-electron chi connectivity index (χ1n) is 11.2. The van der Waals surface area contributed by atoms with E-state index >= 15 is 0 Å². The van der Waals surface area contributed by atoms with Crippen LogP contribution in [0.25, 0.3) is 6.08 Å². The molecule has 1 fully saturated rings. The zero-order valence-electron chi connectivity index (χ0n) is 19.2. The van der Waals surface area contributed by atoms with Crippen LogP contribution in [0.1, 0.15) is 27.9 Å². The molecular formula is C27H26N2O5S. The van der Waals surface area contributed by atoms with Gasteiger partial charge in [0.2, 0.25) is 0 Å². The van der Waals surface area contributed by atoms with Gasteiger partial charge in [-0.1, -0.05) is 48.0 Å². The van der Waals surface area contributed by atoms with Crippen molar-refractivity contribution in [1.29, 1.82) is 0 Å². The summed E-state index contributed by atoms with van der Waals surface area (Å²) in [6.07, 6.45) is 1.89. The normalized spacial score (nSPS) is 16.9. The molecule has 2 N–H and O–H groups in total. The SMILES string of the molecule is Cc1ccc(C(=O)NC(=Cc2cccc(Oc3ccccc3)c2)C(=O)NC2CCS(=O)(=O)C2)cc1. The van der Waals surface area contributed by atoms with E-state index in [2.05, 4.69) is 10.6 Å². The van der Waals surface area contributed by atoms with Crippen LogP contribution < -0.4 is 15.4 Å². The summed E-state index contributed by atoms with van der Waals surface area (Å²) in [5, 5.41) is 5.43. The predicted molar refractivity (Wildman–Crippen MR) is 135 cm³/mol. The summed E-state index contributed by atoms with van der Waals surface area (Å²) >= 11 is 0. The van der Waals surface area contributed by atoms with Crippen molar-refractivity contribution >= 4 is 27.7 Å². The van der Waals surface area contributed by atoms with Gasteiger partial charge in [0.25, 0.3) is 11.8 Å². The predicted octanol–water partition coefficient (Wildman–Crippen LogP) is 3.86. The summed E-state index contributed by atoms with van der Waals surface area (Å²) in [4.78, 5) is 25.9. The van der Waals surface area contributed by atoms with Gasteiger partial charge in [0.05, 0.1) is 11.5 Å². The third kappa shape index (κ3) is 6.80. The average Bonchev–Trinajstić information content (AvgIpc) is 3.18. The van der Waals surface area contributed by atoms with Gasteiger partial charge in [-0.15, -0.1) is 0 Å². The Balaban J connectivity index is 1.58. The first-order chi connectivity index (χ1) is 16.8. The van der Waals surface area contributed by atoms with E-state index in [4.69, 9.17) is 4.74 Å². The lowest BCUT2D eigenvalue weighted by Gasteiger charge is -2.15. The summed E-state index contributed by atoms with van der Waals surface area (Å²) in [5.74, 6) is 0.159. The Labute approximate surface area is 204 Å². The minimum absolute atomic E-state index is 0.0109. The van der Waals surface area contributed by atoms with Crippen LogP contribution in [0.4, 0.5) is 0 Å². The molecule has 2 amide bonds. The van der Waals surface area contributed by atoms with Crippen LogP contribution in [0.2, 0.25) is 0 Å². The first-order valence-corrected chi connectivity index (χ1v) is 13.0. The Kier molecular flexibility index (Phi) is 7.31. The quantitative estimate of drug-likeness (QED) is 0.490. The molecule has 4 rings (SSSR count). The molecule has 0 radical (unpaired) electrons. The molecule has 1 unspecified atom stereocenters. The van der Waals surface area contributed by atoms with E-state index in [9.17, 15) is 18.0 Å². The summed E-state index contributed by atoms with van der Waals surface area (Å²) in [7, 11) is -3.17. The van der Waals surface area contributed by atoms with Gasteiger partial charge in [-0.25, -0.2) is 8.42 Å². The Morgan fingerprint density at radius 3 is 2.34 bits per heavy atom. The lowest BCUT2D eigenvalue weighted by atomic mass is 10.1. The van der Waals surface area contributed by atoms with E-state index in [1.807, 2.05) is 49.4 Å². The molecule has 35 heavy (non-hydrogen) atoms. The van der Waals surface area contributed by atoms with Crippen molar-refractivity contribution in [3.05, 3.63) is 101 Å². The molecule has 1 atom stereocenters. The van der Waals surface area contributed by atoms with Gasteiger partial charge in [-0.05, 0) is 61.4 Å². The van der Waals surface area contributed by atoms with Crippen LogP contribution in [-0.4, -0.2) is 37.8 Å². The highest BCUT2D eigenvalue weighted by molar-refractivity contribution is 7.91. The maximum Gasteiger partial charge on any atom is 0.268 e. The number of ether oxygens (including phenoxy) is 1. The Hall–Kier alpha value is -3.91. The molecule has 180 valence electrons. The Morgan fingerprint density at radius 1 is 0.943 bits per heavy atom. The van der Waals surface area contributed by atoms with Crippen molar-refractivity contribution in [3.8, 4) is 11.5 Å². The number of rotatable bonds is 7. The van der Waals surface area contributed by atoms with Crippen molar-refractivity contribution in [1.82, 2.24) is 10.6 Å². The fourth-order valence-electron chi connectivity index (χ4n) is 3.69. The van der Waals surface area contributed by atoms with Gasteiger partial charge in [-0.2, -0.15) is 0 Å². The monoisotopic (exact) mass is 490 g/mol. The molecule has 0 aromatic heterocycles. The summed E-state index contributed by atoms with van der Waals surface area (Å²) in [6, 6.07) is 22.9. The van der Waals surface area contributed by atoms with Gasteiger partial charge in [0.1, 0.15) is 17.2 Å². The molecule has 1 heterocycles. The minimum atomic E-state index is -3.17. The molecule has 1 aliphatic rings. The zero-order valence-corrected chi connectivity index (χ0v) is 20.0. The zero-order chi connectivity index (χ0) is 24.8. The van der Waals surface area contributed by atoms with Crippen LogP contribution in [0.5, 0.6) is 11.5 Å². The number of hydrogen-bond acceptors (Lipinski definition) is 5. The van der Waals surface area contributed by atoms with E-state index in [-0.39, 0.29) is 17.2 Å². The number of nitrogens with one attached hydrogen (secondary N) is 2. The smallest absolute Gasteiger partial charge is 0.268 e. The Bertz CT molecular complexity index is 1350. The highest BCUT2D eigenvalue weighted by Gasteiger charge is 2.30. The van der Waals surface area contributed by atoms with Crippen molar-refractivity contribution in [2.24, 2.45) is 0 Å². The van der Waals surface area contributed by atoms with E-state index < -0.39 is 27.7 Å². The van der Waals surface area contributed by atoms with Gasteiger partial charge in [-0.3, -0.25) is 9.59 Å². The van der Waals surface area contributed by atoms with E-state index in [0.29, 0.717) is 29.0 Å². The summed E-state index contributed by atoms with van der Waals surface area (Å²) in [6.45, 7) is 1.92. The second-order valence-electron chi connectivity index (χ2n) is 8.44. The molecule has 0 spiro atoms. The maximum atomic E-state index is 13.1. The molecule has 7 nitrogen and oxygen atoms in total. The van der Waals surface area contributed by atoms with E-state index in [0.717, 1.165) is 5.56 Å². The molecule has 0 bridgehead atoms. The van der Waals surface area contributed by atoms with Crippen molar-refractivity contribution in [3.63, 3.8) is 0 Å². The lowest BCUT2D eigenvalue weighted by Crippen LogP contribution is -2.41. The molecule has 1 saturated heterocycles. The van der Waals surface area contributed by atoms with E-state index in [1.165, 1.54) is 0 Å². The number of benzene rings is 3. The standard InChI is InChI=1S/C27H26N2O5S/c1-19-10-12-21(13-11-19)26(30)29-25(27(31)28-22-14-15-35(32,33)18-22)17-20-6-5-9-24(16-20)34-23-7-3-2-4-8-23/h2-13,16-17,22H,14-15,18H2,1H3,(H,28,31)(H,29,30). The minimum Gasteiger partial charge on any atom is -0.457 e. The second-order valence-corrected chi connectivity index (χ2v) is 10.7. The van der Waals surface area contributed by atoms with Crippen LogP contribution in [0, 0.1) is 6.92 Å². The van der Waals surface area contributed by atoms with Gasteiger partial charge in [0, 0.05) is 11.6 Å². The number of carbonyl (C=O) groups excluding carboxylic acids is 2. The Morgan fingerprint density at radius 2 is 1.66 bits per heavy atom. The third-order valence-electron chi connectivity index (χ3n) is 5.52. The fraction of sp³-hybridized carbons (Fsp3) is 0.185. The number of carbonyl (C=O) groups is 2. The van der Waals surface area contributed by atoms with Crippen molar-refractivity contribution in [2.75, 3.05) is 11.5 Å². The highest BCUT2D eigenvalue weighted by atomic mass is 32.2. The third-order valence-corrected chi connectivity index (χ3v) is 7.29. The number of aryl methyl sites for hydroxylation is 1. The molecule has 0 aliphatic carbocycles. The van der Waals surface area contributed by atoms with E-state index in [1.54, 1.807) is 42.5 Å².